The van der Waals surface area contributed by atoms with Crippen LogP contribution in [0.15, 0.2) is 16.3 Å². The topological polar surface area (TPSA) is 38.8 Å². The minimum Gasteiger partial charge on any atom is 0.00742 e. The van der Waals surface area contributed by atoms with Gasteiger partial charge in [0.25, 0.3) is 0 Å². The summed E-state index contributed by atoms with van der Waals surface area (Å²) in [6.07, 6.45) is 6.29. The summed E-state index contributed by atoms with van der Waals surface area (Å²) in [5.41, 5.74) is 0. The summed E-state index contributed by atoms with van der Waals surface area (Å²) in [5, 5.41) is 9.71. The van der Waals surface area contributed by atoms with E-state index in [9.17, 15) is 0 Å². The van der Waals surface area contributed by atoms with Crippen LogP contribution in [0.5, 0.6) is 0 Å². The van der Waals surface area contributed by atoms with Crippen molar-refractivity contribution in [2.75, 3.05) is 0 Å². The van der Waals surface area contributed by atoms with Crippen molar-refractivity contribution in [2.24, 2.45) is 10.2 Å². The molecule has 0 N–H and O–H groups in total. The summed E-state index contributed by atoms with van der Waals surface area (Å²) in [4.78, 5) is 0. The van der Waals surface area contributed by atoms with Crippen LogP contribution in [0.4, 0.5) is 0 Å². The van der Waals surface area contributed by atoms with Gasteiger partial charge in [0.05, 0.1) is 0 Å². The Labute approximate surface area is 35.1 Å². The highest BCUT2D eigenvalue weighted by Crippen LogP contribution is 1.71. The maximum atomic E-state index is 3.27. The molecule has 0 spiro atoms. The molecule has 3 radical (unpaired) electrons. The lowest BCUT2D eigenvalue weighted by atomic mass is 10.7. The summed E-state index contributed by atoms with van der Waals surface area (Å²) < 4.78 is 0. The molecule has 0 aliphatic carbocycles. The molecule has 1 rings (SSSR count). The Morgan fingerprint density at radius 1 is 1.67 bits per heavy atom. The highest BCUT2D eigenvalue weighted by Gasteiger charge is 1.87. The third kappa shape index (κ3) is 0.484. The van der Waals surface area contributed by atoms with Crippen LogP contribution in [0.3, 0.4) is 0 Å². The van der Waals surface area contributed by atoms with E-state index >= 15 is 0 Å². The zero-order valence-electron chi connectivity index (χ0n) is 2.92. The first kappa shape index (κ1) is 3.21. The molecule has 27 valence electrons. The van der Waals surface area contributed by atoms with Crippen LogP contribution < -0.4 is 5.22 Å². The van der Waals surface area contributed by atoms with Crippen LogP contribution in [-0.4, -0.2) is 6.21 Å². The lowest BCUT2D eigenvalue weighted by Crippen LogP contribution is -1.77. The number of rotatable bonds is 0. The fourth-order valence-corrected chi connectivity index (χ4v) is 0.161. The fourth-order valence-electron chi connectivity index (χ4n) is 0.161. The molecule has 0 unspecified atom stereocenters. The second-order valence-corrected chi connectivity index (χ2v) is 0.692. The van der Waals surface area contributed by atoms with Crippen LogP contribution >= 0.6 is 0 Å². The monoisotopic (exact) mass is 79.0 g/mol. The van der Waals surface area contributed by atoms with Crippen LogP contribution in [-0.2, 0) is 0 Å². The predicted molar refractivity (Wildman–Crippen MR) is 19.8 cm³/mol. The highest BCUT2D eigenvalue weighted by molar-refractivity contribution is 5.70. The third-order valence-electron chi connectivity index (χ3n) is 0.334. The molecule has 0 bridgehead atoms. The minimum atomic E-state index is 1.47. The van der Waals surface area contributed by atoms with E-state index < -0.39 is 0 Å². The van der Waals surface area contributed by atoms with Gasteiger partial charge in [0.15, 0.2) is 12.4 Å². The Hall–Kier alpha value is -0.990. The maximum absolute atomic E-state index is 3.27. The smallest absolute Gasteiger partial charge is 0.00742 e. The van der Waals surface area contributed by atoms with Crippen molar-refractivity contribution in [1.82, 2.24) is 5.22 Å². The molecule has 0 amide bonds. The molecule has 0 aromatic heterocycles. The second-order valence-electron chi connectivity index (χ2n) is 0.692. The SMILES string of the molecule is [C]1=C[C]=N[N+]=N1. The van der Waals surface area contributed by atoms with E-state index in [0.717, 1.165) is 0 Å². The van der Waals surface area contributed by atoms with Crippen molar-refractivity contribution >= 4 is 6.21 Å². The molecule has 0 atom stereocenters. The number of hydrogen-bond donors (Lipinski definition) is 0. The molecule has 0 saturated heterocycles. The normalized spacial score (nSPS) is 16.0. The van der Waals surface area contributed by atoms with Crippen molar-refractivity contribution in [1.29, 1.82) is 0 Å². The van der Waals surface area contributed by atoms with Gasteiger partial charge in [-0.1, -0.05) is 0 Å². The maximum Gasteiger partial charge on any atom is 0.361 e. The lowest BCUT2D eigenvalue weighted by molar-refractivity contribution is 0.910. The summed E-state index contributed by atoms with van der Waals surface area (Å²) >= 11 is 0. The Bertz CT molecular complexity index is 75.4. The van der Waals surface area contributed by atoms with Gasteiger partial charge in [0.1, 0.15) is 10.2 Å². The zero-order valence-corrected chi connectivity index (χ0v) is 2.92. The van der Waals surface area contributed by atoms with Gasteiger partial charge in [-0.2, -0.15) is 0 Å². The molecule has 0 aromatic carbocycles. The van der Waals surface area contributed by atoms with Gasteiger partial charge >= 0.3 is 5.22 Å². The Balaban J connectivity index is 2.77. The quantitative estimate of drug-likeness (QED) is 0.391. The second kappa shape index (κ2) is 1.45. The average molecular weight is 79.1 g/mol. The molecule has 1 heterocycles. The standard InChI is InChI=1S/C3HN3/c1-2-4-6-5-3-1/h1H/q+1. The van der Waals surface area contributed by atoms with Crippen molar-refractivity contribution < 1.29 is 0 Å². The Morgan fingerprint density at radius 3 is 2.83 bits per heavy atom. The van der Waals surface area contributed by atoms with Gasteiger partial charge in [-0.25, -0.2) is 0 Å². The van der Waals surface area contributed by atoms with Crippen molar-refractivity contribution in [3.63, 3.8) is 0 Å². The van der Waals surface area contributed by atoms with Crippen LogP contribution in [0.25, 0.3) is 0 Å². The summed E-state index contributed by atoms with van der Waals surface area (Å²) in [6, 6.07) is 0. The van der Waals surface area contributed by atoms with Gasteiger partial charge in [-0.15, -0.1) is 0 Å². The molecule has 3 nitrogen and oxygen atoms in total. The molecular formula is C3HN3+. The van der Waals surface area contributed by atoms with E-state index in [1.165, 1.54) is 6.08 Å². The first-order valence-corrected chi connectivity index (χ1v) is 1.42. The van der Waals surface area contributed by atoms with E-state index in [1.807, 2.05) is 0 Å². The first-order valence-electron chi connectivity index (χ1n) is 1.42. The zero-order chi connectivity index (χ0) is 4.24. The summed E-state index contributed by atoms with van der Waals surface area (Å²) in [5.74, 6) is 0. The van der Waals surface area contributed by atoms with E-state index in [4.69, 9.17) is 0 Å². The average Bonchev–Trinajstić information content (AvgIpc) is 1.72. The number of allylic oxidation sites excluding steroid dienone is 1. The van der Waals surface area contributed by atoms with Crippen molar-refractivity contribution in [3.05, 3.63) is 12.3 Å². The minimum absolute atomic E-state index is 1.47. The first-order chi connectivity index (χ1) is 3.00. The largest absolute Gasteiger partial charge is 0.361 e. The van der Waals surface area contributed by atoms with Gasteiger partial charge in [0, 0.05) is 6.08 Å². The van der Waals surface area contributed by atoms with Crippen molar-refractivity contribution in [2.45, 2.75) is 0 Å². The number of nitrogens with zero attached hydrogens (tertiary/aromatic N) is 3. The highest BCUT2D eigenvalue weighted by atomic mass is 15.4. The number of hydrogen-bond acceptors (Lipinski definition) is 3. The summed E-state index contributed by atoms with van der Waals surface area (Å²) in [7, 11) is 0. The van der Waals surface area contributed by atoms with E-state index in [2.05, 4.69) is 27.9 Å². The van der Waals surface area contributed by atoms with Crippen molar-refractivity contribution in [3.8, 4) is 0 Å². The third-order valence-corrected chi connectivity index (χ3v) is 0.334. The molecule has 0 aromatic rings. The van der Waals surface area contributed by atoms with Crippen LogP contribution in [0.2, 0.25) is 0 Å². The van der Waals surface area contributed by atoms with Gasteiger partial charge in [-0.3, -0.25) is 0 Å². The lowest BCUT2D eigenvalue weighted by Gasteiger charge is -1.56. The van der Waals surface area contributed by atoms with Crippen LogP contribution in [0, 0.1) is 6.20 Å². The summed E-state index contributed by atoms with van der Waals surface area (Å²) in [6.45, 7) is 0. The molecule has 6 heavy (non-hydrogen) atoms. The Morgan fingerprint density at radius 2 is 2.67 bits per heavy atom. The molecule has 0 saturated carbocycles. The molecule has 1 aliphatic heterocycles. The van der Waals surface area contributed by atoms with Gasteiger partial charge in [0.2, 0.25) is 0 Å². The molecule has 3 heteroatoms. The van der Waals surface area contributed by atoms with E-state index in [-0.39, 0.29) is 0 Å². The predicted octanol–water partition coefficient (Wildman–Crippen LogP) is -0.0323. The molecule has 0 fully saturated rings. The fraction of sp³-hybridized carbons (Fsp3) is 0. The van der Waals surface area contributed by atoms with Gasteiger partial charge in [-0.05, 0) is 0 Å². The van der Waals surface area contributed by atoms with Crippen LogP contribution in [0.1, 0.15) is 0 Å². The molecular weight excluding hydrogens is 78.1 g/mol. The van der Waals surface area contributed by atoms with E-state index in [0.29, 0.717) is 0 Å². The van der Waals surface area contributed by atoms with E-state index in [1.54, 1.807) is 0 Å². The van der Waals surface area contributed by atoms with Gasteiger partial charge < -0.3 is 0 Å². The Kier molecular flexibility index (Phi) is 0.774. The molecule has 1 aliphatic rings.